The van der Waals surface area contributed by atoms with Crippen LogP contribution in [0.25, 0.3) is 0 Å². The van der Waals surface area contributed by atoms with Crippen LogP contribution in [0.4, 0.5) is 0 Å². The number of carbonyl (C=O) groups excluding carboxylic acids is 1. The highest BCUT2D eigenvalue weighted by atomic mass is 16.5. The summed E-state index contributed by atoms with van der Waals surface area (Å²) in [5.74, 6) is 2.16. The number of fused-ring (bicyclic) bond motifs is 1. The molecule has 7 heteroatoms. The number of carbonyl (C=O) groups is 1. The van der Waals surface area contributed by atoms with Crippen molar-refractivity contribution in [2.75, 3.05) is 27.3 Å². The number of nitrogens with one attached hydrogen (secondary N) is 1. The first-order valence-electron chi connectivity index (χ1n) is 11.0. The van der Waals surface area contributed by atoms with E-state index >= 15 is 0 Å². The van der Waals surface area contributed by atoms with Crippen molar-refractivity contribution < 1.29 is 23.8 Å². The number of benzene rings is 1. The fraction of sp³-hybridized carbons (Fsp3) is 0.542. The number of aliphatic hydroxyl groups is 1. The Morgan fingerprint density at radius 1 is 1.26 bits per heavy atom. The summed E-state index contributed by atoms with van der Waals surface area (Å²) in [5.41, 5.74) is 0.293. The molecule has 1 saturated heterocycles. The summed E-state index contributed by atoms with van der Waals surface area (Å²) in [6.07, 6.45) is 6.15. The minimum absolute atomic E-state index is 0.0511. The molecule has 31 heavy (non-hydrogen) atoms. The molecule has 2 aromatic rings. The molecular weight excluding hydrogens is 396 g/mol. The zero-order valence-corrected chi connectivity index (χ0v) is 18.3. The normalized spacial score (nSPS) is 26.2. The lowest BCUT2D eigenvalue weighted by Gasteiger charge is -2.52. The summed E-state index contributed by atoms with van der Waals surface area (Å²) < 4.78 is 16.4. The number of amides is 1. The first kappa shape index (κ1) is 21.7. The molecule has 168 valence electrons. The van der Waals surface area contributed by atoms with Crippen LogP contribution in [0.15, 0.2) is 41.0 Å². The minimum Gasteiger partial charge on any atom is -0.497 e. The minimum atomic E-state index is -0.699. The second-order valence-electron chi connectivity index (χ2n) is 8.59. The van der Waals surface area contributed by atoms with Gasteiger partial charge >= 0.3 is 0 Å². The molecule has 1 saturated carbocycles. The standard InChI is InChI=1S/C24H32N2O5/c1-29-17-8-9-19(21(14-17)30-2)23-20-7-3-4-10-24(20,28)11-12-26(23)16-22(27)25-15-18-6-5-13-31-18/h5-6,8-9,13-14,20,23,28H,3-4,7,10-12,15-16H2,1-2H3,(H,25,27)/t20-,23+,24-/m0/s1. The van der Waals surface area contributed by atoms with Gasteiger partial charge in [-0.15, -0.1) is 0 Å². The highest BCUT2D eigenvalue weighted by molar-refractivity contribution is 5.78. The van der Waals surface area contributed by atoms with E-state index in [1.165, 1.54) is 0 Å². The van der Waals surface area contributed by atoms with E-state index in [1.807, 2.05) is 30.3 Å². The molecule has 4 rings (SSSR count). The van der Waals surface area contributed by atoms with Gasteiger partial charge in [-0.25, -0.2) is 0 Å². The molecule has 0 spiro atoms. The van der Waals surface area contributed by atoms with Crippen LogP contribution in [-0.2, 0) is 11.3 Å². The Hall–Kier alpha value is -2.51. The number of rotatable bonds is 7. The highest BCUT2D eigenvalue weighted by Crippen LogP contribution is 2.51. The Labute approximate surface area is 183 Å². The molecule has 1 aromatic carbocycles. The maximum absolute atomic E-state index is 12.8. The summed E-state index contributed by atoms with van der Waals surface area (Å²) in [7, 11) is 3.28. The van der Waals surface area contributed by atoms with E-state index in [4.69, 9.17) is 13.9 Å². The summed E-state index contributed by atoms with van der Waals surface area (Å²) in [6, 6.07) is 9.35. The van der Waals surface area contributed by atoms with Crippen LogP contribution in [-0.4, -0.2) is 48.8 Å². The Bertz CT molecular complexity index is 884. The molecule has 0 unspecified atom stereocenters. The van der Waals surface area contributed by atoms with Crippen molar-refractivity contribution in [3.8, 4) is 11.5 Å². The highest BCUT2D eigenvalue weighted by Gasteiger charge is 2.49. The van der Waals surface area contributed by atoms with Crippen molar-refractivity contribution in [1.29, 1.82) is 0 Å². The molecule has 0 radical (unpaired) electrons. The van der Waals surface area contributed by atoms with E-state index in [0.717, 1.165) is 48.5 Å². The van der Waals surface area contributed by atoms with Crippen molar-refractivity contribution in [3.63, 3.8) is 0 Å². The molecule has 2 heterocycles. The van der Waals surface area contributed by atoms with Crippen LogP contribution >= 0.6 is 0 Å². The van der Waals surface area contributed by atoms with Crippen LogP contribution in [0.1, 0.15) is 49.5 Å². The van der Waals surface area contributed by atoms with Gasteiger partial charge in [-0.3, -0.25) is 9.69 Å². The number of furan rings is 1. The SMILES string of the molecule is COc1ccc([C@@H]2[C@@H]3CCCC[C@]3(O)CCN2CC(=O)NCc2ccco2)c(OC)c1. The lowest BCUT2D eigenvalue weighted by Crippen LogP contribution is -2.56. The predicted molar refractivity (Wildman–Crippen MR) is 116 cm³/mol. The lowest BCUT2D eigenvalue weighted by molar-refractivity contribution is -0.138. The lowest BCUT2D eigenvalue weighted by atomic mass is 9.66. The van der Waals surface area contributed by atoms with Crippen LogP contribution in [0.5, 0.6) is 11.5 Å². The zero-order valence-electron chi connectivity index (χ0n) is 18.3. The van der Waals surface area contributed by atoms with Gasteiger partial charge in [0, 0.05) is 30.1 Å². The third-order valence-corrected chi connectivity index (χ3v) is 6.82. The summed E-state index contributed by atoms with van der Waals surface area (Å²) >= 11 is 0. The van der Waals surface area contributed by atoms with Crippen LogP contribution in [0.2, 0.25) is 0 Å². The average molecular weight is 429 g/mol. The molecular formula is C24H32N2O5. The molecule has 7 nitrogen and oxygen atoms in total. The van der Waals surface area contributed by atoms with E-state index in [9.17, 15) is 9.90 Å². The molecule has 1 amide bonds. The third kappa shape index (κ3) is 4.57. The summed E-state index contributed by atoms with van der Waals surface area (Å²) in [6.45, 7) is 1.28. The quantitative estimate of drug-likeness (QED) is 0.704. The van der Waals surface area contributed by atoms with Crippen molar-refractivity contribution >= 4 is 5.91 Å². The molecule has 1 aromatic heterocycles. The number of likely N-dealkylation sites (tertiary alicyclic amines) is 1. The van der Waals surface area contributed by atoms with Gasteiger partial charge in [0.25, 0.3) is 0 Å². The van der Waals surface area contributed by atoms with E-state index in [-0.39, 0.29) is 24.4 Å². The number of hydrogen-bond donors (Lipinski definition) is 2. The summed E-state index contributed by atoms with van der Waals surface area (Å²) in [5, 5.41) is 14.4. The largest absolute Gasteiger partial charge is 0.497 e. The van der Waals surface area contributed by atoms with Crippen molar-refractivity contribution in [3.05, 3.63) is 47.9 Å². The number of piperidine rings is 1. The van der Waals surface area contributed by atoms with Crippen molar-refractivity contribution in [2.24, 2.45) is 5.92 Å². The Morgan fingerprint density at radius 3 is 2.87 bits per heavy atom. The maximum atomic E-state index is 12.8. The summed E-state index contributed by atoms with van der Waals surface area (Å²) in [4.78, 5) is 15.0. The number of ether oxygens (including phenoxy) is 2. The van der Waals surface area contributed by atoms with Gasteiger partial charge in [-0.05, 0) is 37.5 Å². The Kier molecular flexibility index (Phi) is 6.53. The topological polar surface area (TPSA) is 84.2 Å². The van der Waals surface area contributed by atoms with Gasteiger partial charge in [-0.1, -0.05) is 18.9 Å². The second kappa shape index (κ2) is 9.32. The third-order valence-electron chi connectivity index (χ3n) is 6.82. The van der Waals surface area contributed by atoms with Crippen molar-refractivity contribution in [1.82, 2.24) is 10.2 Å². The molecule has 2 fully saturated rings. The fourth-order valence-electron chi connectivity index (χ4n) is 5.24. The van der Waals surface area contributed by atoms with E-state index in [2.05, 4.69) is 10.2 Å². The molecule has 1 aliphatic heterocycles. The van der Waals surface area contributed by atoms with Gasteiger partial charge in [0.1, 0.15) is 17.3 Å². The Balaban J connectivity index is 1.60. The number of hydrogen-bond acceptors (Lipinski definition) is 6. The van der Waals surface area contributed by atoms with Gasteiger partial charge in [0.15, 0.2) is 0 Å². The predicted octanol–water partition coefficient (Wildman–Crippen LogP) is 3.28. The number of methoxy groups -OCH3 is 2. The second-order valence-corrected chi connectivity index (χ2v) is 8.59. The van der Waals surface area contributed by atoms with Crippen LogP contribution in [0.3, 0.4) is 0 Å². The zero-order chi connectivity index (χ0) is 21.8. The maximum Gasteiger partial charge on any atom is 0.234 e. The smallest absolute Gasteiger partial charge is 0.234 e. The Morgan fingerprint density at radius 2 is 2.13 bits per heavy atom. The van der Waals surface area contributed by atoms with Gasteiger partial charge in [-0.2, -0.15) is 0 Å². The van der Waals surface area contributed by atoms with Crippen LogP contribution < -0.4 is 14.8 Å². The van der Waals surface area contributed by atoms with Gasteiger partial charge in [0.05, 0.1) is 39.2 Å². The van der Waals surface area contributed by atoms with E-state index < -0.39 is 5.60 Å². The molecule has 3 atom stereocenters. The van der Waals surface area contributed by atoms with Crippen LogP contribution in [0, 0.1) is 5.92 Å². The molecule has 1 aliphatic carbocycles. The number of nitrogens with zero attached hydrogens (tertiary/aromatic N) is 1. The molecule has 2 aliphatic rings. The van der Waals surface area contributed by atoms with Gasteiger partial charge < -0.3 is 24.3 Å². The average Bonchev–Trinajstić information content (AvgIpc) is 3.31. The molecule has 2 N–H and O–H groups in total. The first-order chi connectivity index (χ1) is 15.0. The van der Waals surface area contributed by atoms with E-state index in [0.29, 0.717) is 19.5 Å². The van der Waals surface area contributed by atoms with Crippen molar-refractivity contribution in [2.45, 2.75) is 50.3 Å². The molecule has 0 bridgehead atoms. The van der Waals surface area contributed by atoms with E-state index in [1.54, 1.807) is 20.5 Å². The first-order valence-corrected chi connectivity index (χ1v) is 11.0. The van der Waals surface area contributed by atoms with Gasteiger partial charge in [0.2, 0.25) is 5.91 Å². The monoisotopic (exact) mass is 428 g/mol. The fourth-order valence-corrected chi connectivity index (χ4v) is 5.24.